The number of hydrogen-bond acceptors (Lipinski definition) is 3. The van der Waals surface area contributed by atoms with Gasteiger partial charge in [-0.15, -0.1) is 0 Å². The Labute approximate surface area is 129 Å². The standard InChI is InChI=1S/C15H30N2O3S/c1-6-15(7-2,21(5,19)20)11-16-13(18)17-12-9-8-10-14(12,3)4/h12H,6-11H2,1-5H3,(H2,16,17,18)/t12-/m0/s1. The largest absolute Gasteiger partial charge is 0.337 e. The molecule has 0 aromatic rings. The van der Waals surface area contributed by atoms with E-state index in [-0.39, 0.29) is 24.0 Å². The average Bonchev–Trinajstić information content (AvgIpc) is 2.69. The van der Waals surface area contributed by atoms with Crippen molar-refractivity contribution in [1.82, 2.24) is 10.6 Å². The third-order valence-electron chi connectivity index (χ3n) is 5.21. The van der Waals surface area contributed by atoms with Crippen LogP contribution in [0.1, 0.15) is 59.8 Å². The molecular formula is C15H30N2O3S. The lowest BCUT2D eigenvalue weighted by molar-refractivity contribution is 0.221. The minimum Gasteiger partial charge on any atom is -0.337 e. The summed E-state index contributed by atoms with van der Waals surface area (Å²) in [5, 5.41) is 5.76. The molecular weight excluding hydrogens is 288 g/mol. The highest BCUT2D eigenvalue weighted by Gasteiger charge is 2.39. The van der Waals surface area contributed by atoms with E-state index >= 15 is 0 Å². The van der Waals surface area contributed by atoms with Crippen molar-refractivity contribution in [3.8, 4) is 0 Å². The average molecular weight is 318 g/mol. The molecule has 5 nitrogen and oxygen atoms in total. The minimum atomic E-state index is -3.21. The maximum absolute atomic E-state index is 12.1. The number of hydrogen-bond donors (Lipinski definition) is 2. The van der Waals surface area contributed by atoms with Gasteiger partial charge in [-0.25, -0.2) is 13.2 Å². The lowest BCUT2D eigenvalue weighted by atomic mass is 9.87. The molecule has 1 aliphatic rings. The van der Waals surface area contributed by atoms with Crippen LogP contribution < -0.4 is 10.6 Å². The number of carbonyl (C=O) groups is 1. The number of amides is 2. The van der Waals surface area contributed by atoms with E-state index in [2.05, 4.69) is 24.5 Å². The Morgan fingerprint density at radius 1 is 1.29 bits per heavy atom. The zero-order valence-corrected chi connectivity index (χ0v) is 14.8. The molecule has 2 amide bonds. The quantitative estimate of drug-likeness (QED) is 0.790. The van der Waals surface area contributed by atoms with Crippen LogP contribution in [0.5, 0.6) is 0 Å². The Bertz CT molecular complexity index is 467. The summed E-state index contributed by atoms with van der Waals surface area (Å²) < 4.78 is 23.1. The summed E-state index contributed by atoms with van der Waals surface area (Å²) in [5.74, 6) is 0. The minimum absolute atomic E-state index is 0.112. The summed E-state index contributed by atoms with van der Waals surface area (Å²) in [7, 11) is -3.21. The van der Waals surface area contributed by atoms with E-state index in [1.54, 1.807) is 0 Å². The summed E-state index contributed by atoms with van der Waals surface area (Å²) in [4.78, 5) is 12.1. The van der Waals surface area contributed by atoms with Crippen LogP contribution in [-0.4, -0.2) is 38.0 Å². The van der Waals surface area contributed by atoms with Crippen molar-refractivity contribution < 1.29 is 13.2 Å². The Balaban J connectivity index is 2.63. The molecule has 1 saturated carbocycles. The van der Waals surface area contributed by atoms with Gasteiger partial charge in [0.2, 0.25) is 0 Å². The normalized spacial score (nSPS) is 22.0. The molecule has 0 heterocycles. The van der Waals surface area contributed by atoms with Gasteiger partial charge in [0.05, 0.1) is 4.75 Å². The highest BCUT2D eigenvalue weighted by molar-refractivity contribution is 7.92. The van der Waals surface area contributed by atoms with Gasteiger partial charge < -0.3 is 10.6 Å². The van der Waals surface area contributed by atoms with Crippen LogP contribution in [0, 0.1) is 5.41 Å². The van der Waals surface area contributed by atoms with Gasteiger partial charge in [0.15, 0.2) is 9.84 Å². The summed E-state index contributed by atoms with van der Waals surface area (Å²) in [6.07, 6.45) is 5.46. The maximum Gasteiger partial charge on any atom is 0.315 e. The molecule has 6 heteroatoms. The van der Waals surface area contributed by atoms with Crippen molar-refractivity contribution in [3.63, 3.8) is 0 Å². The molecule has 0 bridgehead atoms. The van der Waals surface area contributed by atoms with E-state index in [1.807, 2.05) is 13.8 Å². The Morgan fingerprint density at radius 2 is 1.86 bits per heavy atom. The van der Waals surface area contributed by atoms with E-state index < -0.39 is 14.6 Å². The molecule has 1 fully saturated rings. The highest BCUT2D eigenvalue weighted by Crippen LogP contribution is 2.37. The van der Waals surface area contributed by atoms with E-state index in [4.69, 9.17) is 0 Å². The van der Waals surface area contributed by atoms with Crippen LogP contribution in [0.2, 0.25) is 0 Å². The predicted octanol–water partition coefficient (Wildman–Crippen LogP) is 2.47. The fourth-order valence-corrected chi connectivity index (χ4v) is 4.58. The molecule has 0 radical (unpaired) electrons. The summed E-state index contributed by atoms with van der Waals surface area (Å²) >= 11 is 0. The molecule has 0 aromatic heterocycles. The Morgan fingerprint density at radius 3 is 2.24 bits per heavy atom. The van der Waals surface area contributed by atoms with E-state index in [1.165, 1.54) is 6.26 Å². The number of urea groups is 1. The van der Waals surface area contributed by atoms with Gasteiger partial charge in [-0.3, -0.25) is 0 Å². The maximum atomic E-state index is 12.1. The van der Waals surface area contributed by atoms with Crippen molar-refractivity contribution in [2.24, 2.45) is 5.41 Å². The van der Waals surface area contributed by atoms with Crippen LogP contribution in [0.4, 0.5) is 4.79 Å². The molecule has 21 heavy (non-hydrogen) atoms. The lowest BCUT2D eigenvalue weighted by Crippen LogP contribution is -2.52. The van der Waals surface area contributed by atoms with Gasteiger partial charge in [0.1, 0.15) is 0 Å². The second-order valence-corrected chi connectivity index (χ2v) is 9.33. The fraction of sp³-hybridized carbons (Fsp3) is 0.933. The predicted molar refractivity (Wildman–Crippen MR) is 86.1 cm³/mol. The Hall–Kier alpha value is -0.780. The molecule has 0 aromatic carbocycles. The topological polar surface area (TPSA) is 75.3 Å². The van der Waals surface area contributed by atoms with Crippen molar-refractivity contribution in [3.05, 3.63) is 0 Å². The molecule has 1 rings (SSSR count). The summed E-state index contributed by atoms with van der Waals surface area (Å²) in [5.41, 5.74) is 0.112. The SMILES string of the molecule is CCC(CC)(CNC(=O)N[C@H]1CCCC1(C)C)S(C)(=O)=O. The van der Waals surface area contributed by atoms with Gasteiger partial charge >= 0.3 is 6.03 Å². The van der Waals surface area contributed by atoms with Crippen LogP contribution >= 0.6 is 0 Å². The number of sulfone groups is 1. The van der Waals surface area contributed by atoms with Crippen molar-refractivity contribution in [2.45, 2.75) is 70.6 Å². The smallest absolute Gasteiger partial charge is 0.315 e. The first-order valence-electron chi connectivity index (χ1n) is 7.82. The van der Waals surface area contributed by atoms with Gasteiger partial charge in [0.25, 0.3) is 0 Å². The molecule has 1 atom stereocenters. The fourth-order valence-electron chi connectivity index (χ4n) is 3.20. The van der Waals surface area contributed by atoms with E-state index in [0.717, 1.165) is 19.3 Å². The molecule has 0 unspecified atom stereocenters. The van der Waals surface area contributed by atoms with Gasteiger partial charge in [-0.1, -0.05) is 34.1 Å². The first-order chi connectivity index (χ1) is 9.58. The third-order valence-corrected chi connectivity index (χ3v) is 7.50. The molecule has 0 aliphatic heterocycles. The summed E-state index contributed by atoms with van der Waals surface area (Å²) in [6, 6.07) is -0.0988. The van der Waals surface area contributed by atoms with Crippen LogP contribution in [0.15, 0.2) is 0 Å². The van der Waals surface area contributed by atoms with Gasteiger partial charge in [-0.2, -0.15) is 0 Å². The van der Waals surface area contributed by atoms with Gasteiger partial charge in [-0.05, 0) is 31.1 Å². The Kier molecular flexibility index (Phi) is 5.69. The monoisotopic (exact) mass is 318 g/mol. The first kappa shape index (κ1) is 18.3. The molecule has 124 valence electrons. The zero-order chi connectivity index (χ0) is 16.3. The lowest BCUT2D eigenvalue weighted by Gasteiger charge is -2.31. The van der Waals surface area contributed by atoms with Crippen LogP contribution in [0.25, 0.3) is 0 Å². The van der Waals surface area contributed by atoms with Crippen molar-refractivity contribution in [1.29, 1.82) is 0 Å². The third kappa shape index (κ3) is 4.11. The molecule has 0 saturated heterocycles. The summed E-state index contributed by atoms with van der Waals surface area (Å²) in [6.45, 7) is 8.18. The number of rotatable bonds is 6. The number of nitrogens with one attached hydrogen (secondary N) is 2. The van der Waals surface area contributed by atoms with E-state index in [0.29, 0.717) is 12.8 Å². The zero-order valence-electron chi connectivity index (χ0n) is 14.0. The first-order valence-corrected chi connectivity index (χ1v) is 9.71. The van der Waals surface area contributed by atoms with Crippen molar-refractivity contribution in [2.75, 3.05) is 12.8 Å². The molecule has 2 N–H and O–H groups in total. The van der Waals surface area contributed by atoms with Crippen molar-refractivity contribution >= 4 is 15.9 Å². The van der Waals surface area contributed by atoms with Crippen LogP contribution in [0.3, 0.4) is 0 Å². The molecule has 0 spiro atoms. The second kappa shape index (κ2) is 6.55. The van der Waals surface area contributed by atoms with Gasteiger partial charge in [0, 0.05) is 18.8 Å². The van der Waals surface area contributed by atoms with E-state index in [9.17, 15) is 13.2 Å². The second-order valence-electron chi connectivity index (χ2n) is 6.92. The number of carbonyl (C=O) groups excluding carboxylic acids is 1. The van der Waals surface area contributed by atoms with Crippen LogP contribution in [-0.2, 0) is 9.84 Å². The highest BCUT2D eigenvalue weighted by atomic mass is 32.2. The molecule has 1 aliphatic carbocycles.